The number of carbonyl (C=O) groups is 1. The van der Waals surface area contributed by atoms with Crippen LogP contribution in [0, 0.1) is 0 Å². The largest absolute Gasteiger partial charge is 0.416 e. The molecule has 0 unspecified atom stereocenters. The Kier molecular flexibility index (Phi) is 6.42. The fourth-order valence-electron chi connectivity index (χ4n) is 3.31. The summed E-state index contributed by atoms with van der Waals surface area (Å²) in [6.45, 7) is 0. The van der Waals surface area contributed by atoms with E-state index in [4.69, 9.17) is 12.2 Å². The molecule has 2 aromatic carbocycles. The number of alkyl halides is 3. The van der Waals surface area contributed by atoms with Gasteiger partial charge in [-0.15, -0.1) is 0 Å². The lowest BCUT2D eigenvalue weighted by molar-refractivity contribution is -0.137. The van der Waals surface area contributed by atoms with E-state index in [1.165, 1.54) is 12.1 Å². The molecule has 34 heavy (non-hydrogen) atoms. The number of anilines is 2. The van der Waals surface area contributed by atoms with Crippen molar-refractivity contribution in [3.63, 3.8) is 0 Å². The van der Waals surface area contributed by atoms with Crippen LogP contribution in [0.4, 0.5) is 24.5 Å². The summed E-state index contributed by atoms with van der Waals surface area (Å²) in [6.07, 6.45) is -2.83. The molecule has 0 aliphatic heterocycles. The quantitative estimate of drug-likeness (QED) is 0.335. The highest BCUT2D eigenvalue weighted by Gasteiger charge is 2.30. The van der Waals surface area contributed by atoms with Crippen LogP contribution in [0.1, 0.15) is 15.9 Å². The molecule has 4 aromatic rings. The number of nitrogens with one attached hydrogen (secondary N) is 3. The number of fused-ring (bicyclic) bond motifs is 1. The summed E-state index contributed by atoms with van der Waals surface area (Å²) in [7, 11) is 1.55. The second-order valence-electron chi connectivity index (χ2n) is 7.24. The van der Waals surface area contributed by atoms with Gasteiger partial charge in [0.25, 0.3) is 5.91 Å². The summed E-state index contributed by atoms with van der Waals surface area (Å²) < 4.78 is 38.7. The monoisotopic (exact) mass is 481 g/mol. The molecule has 4 rings (SSSR count). The third kappa shape index (κ3) is 5.12. The van der Waals surface area contributed by atoms with Crippen molar-refractivity contribution in [2.45, 2.75) is 6.18 Å². The number of pyridine rings is 2. The van der Waals surface area contributed by atoms with Gasteiger partial charge in [0, 0.05) is 30.2 Å². The number of halogens is 3. The molecule has 10 heteroatoms. The smallest absolute Gasteiger partial charge is 0.355 e. The third-order valence-corrected chi connectivity index (χ3v) is 5.13. The zero-order chi connectivity index (χ0) is 24.3. The van der Waals surface area contributed by atoms with Gasteiger partial charge in [-0.05, 0) is 60.7 Å². The molecule has 6 nitrogen and oxygen atoms in total. The van der Waals surface area contributed by atoms with Gasteiger partial charge in [-0.1, -0.05) is 18.2 Å². The summed E-state index contributed by atoms with van der Waals surface area (Å²) in [5, 5.41) is 8.45. The highest BCUT2D eigenvalue weighted by molar-refractivity contribution is 7.80. The highest BCUT2D eigenvalue weighted by Crippen LogP contribution is 2.31. The lowest BCUT2D eigenvalue weighted by atomic mass is 10.1. The Bertz CT molecular complexity index is 1370. The van der Waals surface area contributed by atoms with Crippen LogP contribution in [0.25, 0.3) is 22.3 Å². The van der Waals surface area contributed by atoms with Crippen LogP contribution in [0.15, 0.2) is 72.9 Å². The molecule has 0 bridgehead atoms. The summed E-state index contributed by atoms with van der Waals surface area (Å²) >= 11 is 5.23. The van der Waals surface area contributed by atoms with Crippen molar-refractivity contribution in [1.29, 1.82) is 0 Å². The Balaban J connectivity index is 1.52. The Morgan fingerprint density at radius 3 is 2.38 bits per heavy atom. The number of nitrogens with zero attached hydrogens (tertiary/aromatic N) is 2. The predicted octanol–water partition coefficient (Wildman–Crippen LogP) is 5.48. The molecule has 0 atom stereocenters. The molecule has 172 valence electrons. The second-order valence-corrected chi connectivity index (χ2v) is 7.65. The zero-order valence-electron chi connectivity index (χ0n) is 17.8. The lowest BCUT2D eigenvalue weighted by Gasteiger charge is -2.13. The van der Waals surface area contributed by atoms with Crippen LogP contribution >= 0.6 is 12.2 Å². The zero-order valence-corrected chi connectivity index (χ0v) is 18.6. The molecule has 0 saturated carbocycles. The number of hydrogen-bond acceptors (Lipinski definition) is 4. The van der Waals surface area contributed by atoms with Gasteiger partial charge in [-0.25, -0.2) is 4.98 Å². The van der Waals surface area contributed by atoms with Crippen molar-refractivity contribution in [2.75, 3.05) is 17.7 Å². The van der Waals surface area contributed by atoms with Gasteiger partial charge < -0.3 is 16.0 Å². The maximum absolute atomic E-state index is 12.9. The first-order chi connectivity index (χ1) is 16.2. The van der Waals surface area contributed by atoms with E-state index in [1.54, 1.807) is 55.7 Å². The molecule has 1 amide bonds. The molecule has 0 aliphatic carbocycles. The van der Waals surface area contributed by atoms with Gasteiger partial charge in [-0.3, -0.25) is 9.78 Å². The number of aromatic nitrogens is 2. The SMILES string of the molecule is CNC(=O)c1cc(-c2ccc(NC(=S)Nc3cccc(C(F)(F)F)c3)cc2)nc2cccnc12. The van der Waals surface area contributed by atoms with E-state index in [1.807, 2.05) is 0 Å². The van der Waals surface area contributed by atoms with Crippen molar-refractivity contribution in [3.05, 3.63) is 84.1 Å². The molecule has 0 fully saturated rings. The van der Waals surface area contributed by atoms with Crippen molar-refractivity contribution in [1.82, 2.24) is 15.3 Å². The Morgan fingerprint density at radius 2 is 1.68 bits per heavy atom. The topological polar surface area (TPSA) is 78.9 Å². The number of benzene rings is 2. The summed E-state index contributed by atoms with van der Waals surface area (Å²) in [4.78, 5) is 21.2. The van der Waals surface area contributed by atoms with E-state index >= 15 is 0 Å². The van der Waals surface area contributed by atoms with Gasteiger partial charge in [0.2, 0.25) is 0 Å². The molecule has 0 aliphatic rings. The van der Waals surface area contributed by atoms with E-state index in [9.17, 15) is 18.0 Å². The van der Waals surface area contributed by atoms with Crippen LogP contribution in [-0.4, -0.2) is 28.0 Å². The molecule has 3 N–H and O–H groups in total. The lowest BCUT2D eigenvalue weighted by Crippen LogP contribution is -2.19. The first-order valence-electron chi connectivity index (χ1n) is 10.1. The second kappa shape index (κ2) is 9.44. The molecule has 2 aromatic heterocycles. The maximum Gasteiger partial charge on any atom is 0.416 e. The third-order valence-electron chi connectivity index (χ3n) is 4.92. The molecule has 0 radical (unpaired) electrons. The number of amides is 1. The summed E-state index contributed by atoms with van der Waals surface area (Å²) in [5.41, 5.74) is 2.95. The number of thiocarbonyl (C=S) groups is 1. The number of hydrogen-bond donors (Lipinski definition) is 3. The average molecular weight is 482 g/mol. The van der Waals surface area contributed by atoms with Crippen LogP contribution in [0.5, 0.6) is 0 Å². The molecule has 2 heterocycles. The van der Waals surface area contributed by atoms with Gasteiger partial charge in [0.1, 0.15) is 5.52 Å². The molecule has 0 saturated heterocycles. The normalized spacial score (nSPS) is 11.2. The van der Waals surface area contributed by atoms with Crippen molar-refractivity contribution < 1.29 is 18.0 Å². The van der Waals surface area contributed by atoms with Crippen molar-refractivity contribution in [3.8, 4) is 11.3 Å². The first-order valence-corrected chi connectivity index (χ1v) is 10.5. The standard InChI is InChI=1S/C24H18F3N5OS/c1-28-22(33)18-13-20(32-19-6-3-11-29-21(18)19)14-7-9-16(10-8-14)30-23(34)31-17-5-2-4-15(12-17)24(25,26)27/h2-13H,1H3,(H,28,33)(H2,30,31,34). The van der Waals surface area contributed by atoms with Crippen LogP contribution in [0.2, 0.25) is 0 Å². The number of carbonyl (C=O) groups excluding carboxylic acids is 1. The van der Waals surface area contributed by atoms with Gasteiger partial charge in [-0.2, -0.15) is 13.2 Å². The Hall–Kier alpha value is -4.05. The van der Waals surface area contributed by atoms with Gasteiger partial charge >= 0.3 is 6.18 Å². The molecular formula is C24H18F3N5OS. The average Bonchev–Trinajstić information content (AvgIpc) is 2.83. The minimum atomic E-state index is -4.44. The minimum Gasteiger partial charge on any atom is -0.355 e. The van der Waals surface area contributed by atoms with Crippen LogP contribution < -0.4 is 16.0 Å². The fourth-order valence-corrected chi connectivity index (χ4v) is 3.54. The van der Waals surface area contributed by atoms with E-state index < -0.39 is 11.7 Å². The van der Waals surface area contributed by atoms with Crippen LogP contribution in [-0.2, 0) is 6.18 Å². The van der Waals surface area contributed by atoms with E-state index in [0.717, 1.165) is 17.7 Å². The summed E-state index contributed by atoms with van der Waals surface area (Å²) in [6, 6.07) is 17.1. The molecule has 0 spiro atoms. The van der Waals surface area contributed by atoms with E-state index in [0.29, 0.717) is 28.0 Å². The Morgan fingerprint density at radius 1 is 0.941 bits per heavy atom. The van der Waals surface area contributed by atoms with E-state index in [-0.39, 0.29) is 16.7 Å². The van der Waals surface area contributed by atoms with Gasteiger partial charge in [0.15, 0.2) is 5.11 Å². The van der Waals surface area contributed by atoms with Crippen molar-refractivity contribution in [2.24, 2.45) is 0 Å². The highest BCUT2D eigenvalue weighted by atomic mass is 32.1. The molecular weight excluding hydrogens is 463 g/mol. The summed E-state index contributed by atoms with van der Waals surface area (Å²) in [5.74, 6) is -0.267. The Labute approximate surface area is 198 Å². The van der Waals surface area contributed by atoms with E-state index in [2.05, 4.69) is 25.9 Å². The maximum atomic E-state index is 12.9. The first kappa shape index (κ1) is 23.1. The fraction of sp³-hybridized carbons (Fsp3) is 0.0833. The number of rotatable bonds is 4. The van der Waals surface area contributed by atoms with Gasteiger partial charge in [0.05, 0.1) is 22.3 Å². The van der Waals surface area contributed by atoms with Crippen LogP contribution in [0.3, 0.4) is 0 Å². The predicted molar refractivity (Wildman–Crippen MR) is 130 cm³/mol. The minimum absolute atomic E-state index is 0.142. The van der Waals surface area contributed by atoms with Crippen molar-refractivity contribution >= 4 is 45.6 Å².